The van der Waals surface area contributed by atoms with E-state index in [2.05, 4.69) is 21.8 Å². The number of nitrogens with two attached hydrogens (primary N) is 1. The monoisotopic (exact) mass is 281 g/mol. The van der Waals surface area contributed by atoms with Gasteiger partial charge < -0.3 is 15.0 Å². The van der Waals surface area contributed by atoms with Gasteiger partial charge in [0.05, 0.1) is 6.54 Å². The van der Waals surface area contributed by atoms with Crippen molar-refractivity contribution in [2.45, 2.75) is 13.0 Å². The van der Waals surface area contributed by atoms with Crippen LogP contribution in [0.1, 0.15) is 5.56 Å². The van der Waals surface area contributed by atoms with Crippen LogP contribution in [-0.4, -0.2) is 22.7 Å². The van der Waals surface area contributed by atoms with Crippen molar-refractivity contribution >= 4 is 11.0 Å². The molecule has 4 heteroatoms. The van der Waals surface area contributed by atoms with E-state index in [0.29, 0.717) is 13.2 Å². The van der Waals surface area contributed by atoms with Crippen molar-refractivity contribution < 1.29 is 4.74 Å². The fourth-order valence-corrected chi connectivity index (χ4v) is 2.50. The standard InChI is InChI=1S/C17H19N3O/c18-9-8-14-13-20(17-16(14)7-4-10-19-17)11-12-21-15-5-2-1-3-6-15/h1-7,10,13H,8-9,11-12,18H2. The number of nitrogens with zero attached hydrogens (tertiary/aromatic N) is 2. The summed E-state index contributed by atoms with van der Waals surface area (Å²) >= 11 is 0. The van der Waals surface area contributed by atoms with Crippen molar-refractivity contribution in [2.24, 2.45) is 5.73 Å². The molecular formula is C17H19N3O. The van der Waals surface area contributed by atoms with E-state index in [1.54, 1.807) is 0 Å². The van der Waals surface area contributed by atoms with Crippen molar-refractivity contribution in [1.82, 2.24) is 9.55 Å². The normalized spacial score (nSPS) is 10.9. The van der Waals surface area contributed by atoms with Crippen LogP contribution in [0.25, 0.3) is 11.0 Å². The molecule has 3 aromatic rings. The summed E-state index contributed by atoms with van der Waals surface area (Å²) in [5, 5.41) is 1.18. The number of aromatic nitrogens is 2. The molecule has 4 nitrogen and oxygen atoms in total. The summed E-state index contributed by atoms with van der Waals surface area (Å²) < 4.78 is 7.90. The molecule has 21 heavy (non-hydrogen) atoms. The van der Waals surface area contributed by atoms with Gasteiger partial charge in [-0.15, -0.1) is 0 Å². The zero-order valence-electron chi connectivity index (χ0n) is 11.9. The minimum Gasteiger partial charge on any atom is -0.492 e. The maximum Gasteiger partial charge on any atom is 0.140 e. The van der Waals surface area contributed by atoms with Gasteiger partial charge in [0, 0.05) is 17.8 Å². The maximum absolute atomic E-state index is 5.75. The number of pyridine rings is 1. The van der Waals surface area contributed by atoms with Crippen molar-refractivity contribution in [3.63, 3.8) is 0 Å². The lowest BCUT2D eigenvalue weighted by atomic mass is 10.2. The van der Waals surface area contributed by atoms with Crippen LogP contribution in [0.3, 0.4) is 0 Å². The average molecular weight is 281 g/mol. The third-order valence-corrected chi connectivity index (χ3v) is 3.47. The molecule has 0 unspecified atom stereocenters. The van der Waals surface area contributed by atoms with Gasteiger partial charge in [0.2, 0.25) is 0 Å². The topological polar surface area (TPSA) is 53.1 Å². The molecule has 0 saturated carbocycles. The molecule has 108 valence electrons. The summed E-state index contributed by atoms with van der Waals surface area (Å²) in [6, 6.07) is 13.9. The van der Waals surface area contributed by atoms with Crippen LogP contribution < -0.4 is 10.5 Å². The molecule has 0 aliphatic rings. The van der Waals surface area contributed by atoms with Gasteiger partial charge in [-0.25, -0.2) is 4.98 Å². The molecule has 0 bridgehead atoms. The van der Waals surface area contributed by atoms with Crippen molar-refractivity contribution in [1.29, 1.82) is 0 Å². The highest BCUT2D eigenvalue weighted by atomic mass is 16.5. The minimum atomic E-state index is 0.617. The number of benzene rings is 1. The molecule has 1 aromatic carbocycles. The highest BCUT2D eigenvalue weighted by Crippen LogP contribution is 2.19. The molecule has 2 aromatic heterocycles. The first kappa shape index (κ1) is 13.6. The van der Waals surface area contributed by atoms with E-state index < -0.39 is 0 Å². The Hall–Kier alpha value is -2.33. The summed E-state index contributed by atoms with van der Waals surface area (Å²) in [5.41, 5.74) is 7.93. The van der Waals surface area contributed by atoms with Crippen LogP contribution in [0.15, 0.2) is 54.9 Å². The largest absolute Gasteiger partial charge is 0.492 e. The van der Waals surface area contributed by atoms with Crippen LogP contribution >= 0.6 is 0 Å². The molecule has 0 atom stereocenters. The summed E-state index contributed by atoms with van der Waals surface area (Å²) in [6.45, 7) is 2.04. The van der Waals surface area contributed by atoms with Crippen molar-refractivity contribution in [3.05, 3.63) is 60.4 Å². The molecule has 0 aliphatic carbocycles. The number of para-hydroxylation sites is 1. The van der Waals surface area contributed by atoms with Crippen LogP contribution in [0, 0.1) is 0 Å². The van der Waals surface area contributed by atoms with Gasteiger partial charge in [-0.1, -0.05) is 18.2 Å². The van der Waals surface area contributed by atoms with Gasteiger partial charge in [0.15, 0.2) is 0 Å². The molecular weight excluding hydrogens is 262 g/mol. The lowest BCUT2D eigenvalue weighted by molar-refractivity contribution is 0.300. The molecule has 0 radical (unpaired) electrons. The predicted octanol–water partition coefficient (Wildman–Crippen LogP) is 2.62. The van der Waals surface area contributed by atoms with E-state index in [1.165, 1.54) is 10.9 Å². The third kappa shape index (κ3) is 3.06. The Bertz CT molecular complexity index is 706. The summed E-state index contributed by atoms with van der Waals surface area (Å²) in [4.78, 5) is 4.48. The van der Waals surface area contributed by atoms with Crippen LogP contribution in [-0.2, 0) is 13.0 Å². The van der Waals surface area contributed by atoms with E-state index in [1.807, 2.05) is 42.6 Å². The first-order valence-electron chi connectivity index (χ1n) is 7.19. The molecule has 0 aliphatic heterocycles. The van der Waals surface area contributed by atoms with E-state index in [9.17, 15) is 0 Å². The van der Waals surface area contributed by atoms with Crippen LogP contribution in [0.4, 0.5) is 0 Å². The minimum absolute atomic E-state index is 0.617. The van der Waals surface area contributed by atoms with Gasteiger partial charge in [-0.3, -0.25) is 0 Å². The van der Waals surface area contributed by atoms with Crippen LogP contribution in [0.2, 0.25) is 0 Å². The zero-order chi connectivity index (χ0) is 14.5. The Morgan fingerprint density at radius 2 is 1.95 bits per heavy atom. The first-order chi connectivity index (χ1) is 10.4. The summed E-state index contributed by atoms with van der Waals surface area (Å²) in [5.74, 6) is 0.893. The third-order valence-electron chi connectivity index (χ3n) is 3.47. The molecule has 2 N–H and O–H groups in total. The highest BCUT2D eigenvalue weighted by Gasteiger charge is 2.08. The smallest absolute Gasteiger partial charge is 0.140 e. The Labute approximate surface area is 124 Å². The first-order valence-corrected chi connectivity index (χ1v) is 7.19. The lowest BCUT2D eigenvalue weighted by Crippen LogP contribution is -2.07. The second-order valence-corrected chi connectivity index (χ2v) is 4.92. The van der Waals surface area contributed by atoms with Gasteiger partial charge in [0.25, 0.3) is 0 Å². The fraction of sp³-hybridized carbons (Fsp3) is 0.235. The number of ether oxygens (including phenoxy) is 1. The van der Waals surface area contributed by atoms with E-state index in [0.717, 1.165) is 24.4 Å². The fourth-order valence-electron chi connectivity index (χ4n) is 2.50. The highest BCUT2D eigenvalue weighted by molar-refractivity contribution is 5.80. The molecule has 2 heterocycles. The molecule has 0 saturated heterocycles. The quantitative estimate of drug-likeness (QED) is 0.755. The van der Waals surface area contributed by atoms with Gasteiger partial charge >= 0.3 is 0 Å². The molecule has 3 rings (SSSR count). The summed E-state index contributed by atoms with van der Waals surface area (Å²) in [6.07, 6.45) is 4.83. The second kappa shape index (κ2) is 6.41. The van der Waals surface area contributed by atoms with Gasteiger partial charge in [-0.2, -0.15) is 0 Å². The average Bonchev–Trinajstić information content (AvgIpc) is 2.87. The Kier molecular flexibility index (Phi) is 4.17. The summed E-state index contributed by atoms with van der Waals surface area (Å²) in [7, 11) is 0. The Balaban J connectivity index is 1.74. The van der Waals surface area contributed by atoms with E-state index in [4.69, 9.17) is 10.5 Å². The molecule has 0 amide bonds. The Morgan fingerprint density at radius 3 is 2.76 bits per heavy atom. The number of hydrogen-bond donors (Lipinski definition) is 1. The zero-order valence-corrected chi connectivity index (χ0v) is 11.9. The van der Waals surface area contributed by atoms with Gasteiger partial charge in [0.1, 0.15) is 18.0 Å². The maximum atomic E-state index is 5.75. The van der Waals surface area contributed by atoms with Crippen LogP contribution in [0.5, 0.6) is 5.75 Å². The lowest BCUT2D eigenvalue weighted by Gasteiger charge is -2.07. The molecule has 0 fully saturated rings. The molecule has 0 spiro atoms. The van der Waals surface area contributed by atoms with E-state index in [-0.39, 0.29) is 0 Å². The SMILES string of the molecule is NCCc1cn(CCOc2ccccc2)c2ncccc12. The second-order valence-electron chi connectivity index (χ2n) is 4.92. The Morgan fingerprint density at radius 1 is 1.10 bits per heavy atom. The number of rotatable bonds is 6. The van der Waals surface area contributed by atoms with Crippen molar-refractivity contribution in [2.75, 3.05) is 13.2 Å². The number of hydrogen-bond acceptors (Lipinski definition) is 3. The van der Waals surface area contributed by atoms with Gasteiger partial charge in [-0.05, 0) is 42.8 Å². The van der Waals surface area contributed by atoms with Crippen molar-refractivity contribution in [3.8, 4) is 5.75 Å². The number of fused-ring (bicyclic) bond motifs is 1. The predicted molar refractivity (Wildman–Crippen MR) is 84.4 cm³/mol. The van der Waals surface area contributed by atoms with E-state index >= 15 is 0 Å².